The Balaban J connectivity index is 2.27. The third kappa shape index (κ3) is 1.39. The van der Waals surface area contributed by atoms with E-state index in [1.807, 2.05) is 0 Å². The normalized spacial score (nSPS) is 16.3. The number of aromatic nitrogens is 1. The van der Waals surface area contributed by atoms with E-state index in [0.29, 0.717) is 23.8 Å². The van der Waals surface area contributed by atoms with Gasteiger partial charge in [-0.05, 0) is 6.92 Å². The minimum Gasteiger partial charge on any atom is -0.359 e. The van der Waals surface area contributed by atoms with E-state index in [2.05, 4.69) is 10.3 Å². The van der Waals surface area contributed by atoms with Crippen LogP contribution in [0.4, 0.5) is 5.82 Å². The molecule has 0 unspecified atom stereocenters. The number of amides is 1. The fourth-order valence-corrected chi connectivity index (χ4v) is 1.23. The van der Waals surface area contributed by atoms with Gasteiger partial charge < -0.3 is 10.3 Å². The molecule has 2 heterocycles. The molecular weight excluding hydrogens is 184 g/mol. The Morgan fingerprint density at radius 3 is 3.00 bits per heavy atom. The number of hydrogen-bond acceptors (Lipinski definition) is 5. The highest BCUT2D eigenvalue weighted by Crippen LogP contribution is 2.19. The Morgan fingerprint density at radius 2 is 2.50 bits per heavy atom. The van der Waals surface area contributed by atoms with E-state index in [0.717, 1.165) is 0 Å². The monoisotopic (exact) mass is 194 g/mol. The average molecular weight is 194 g/mol. The topological polar surface area (TPSA) is 84.7 Å². The second-order valence-corrected chi connectivity index (χ2v) is 3.05. The van der Waals surface area contributed by atoms with Crippen LogP contribution in [0.2, 0.25) is 0 Å². The van der Waals surface area contributed by atoms with Gasteiger partial charge >= 0.3 is 0 Å². The van der Waals surface area contributed by atoms with Crippen molar-refractivity contribution < 1.29 is 9.32 Å². The predicted octanol–water partition coefficient (Wildman–Crippen LogP) is 0.0344. The van der Waals surface area contributed by atoms with Crippen molar-refractivity contribution in [3.05, 3.63) is 11.8 Å². The zero-order valence-corrected chi connectivity index (χ0v) is 7.73. The number of nitrogens with two attached hydrogens (primary N) is 1. The number of hydrazone groups is 1. The van der Waals surface area contributed by atoms with E-state index in [1.54, 1.807) is 13.0 Å². The minimum atomic E-state index is -0.126. The second-order valence-electron chi connectivity index (χ2n) is 3.05. The molecule has 6 heteroatoms. The lowest BCUT2D eigenvalue weighted by molar-refractivity contribution is -0.117. The Bertz CT molecular complexity index is 396. The molecule has 0 atom stereocenters. The minimum absolute atomic E-state index is 0.126. The first kappa shape index (κ1) is 8.89. The van der Waals surface area contributed by atoms with E-state index in [4.69, 9.17) is 10.3 Å². The summed E-state index contributed by atoms with van der Waals surface area (Å²) in [7, 11) is 0. The van der Waals surface area contributed by atoms with Crippen LogP contribution in [0.1, 0.15) is 12.2 Å². The second kappa shape index (κ2) is 3.22. The number of hydrogen-bond donors (Lipinski definition) is 1. The molecule has 0 radical (unpaired) electrons. The highest BCUT2D eigenvalue weighted by Gasteiger charge is 2.26. The number of carbonyl (C=O) groups is 1. The smallest absolute Gasteiger partial charge is 0.254 e. The fraction of sp³-hybridized carbons (Fsp3) is 0.375. The van der Waals surface area contributed by atoms with Gasteiger partial charge in [-0.3, -0.25) is 4.79 Å². The first-order valence-corrected chi connectivity index (χ1v) is 4.23. The molecule has 1 aliphatic rings. The van der Waals surface area contributed by atoms with Crippen molar-refractivity contribution in [1.29, 1.82) is 0 Å². The highest BCUT2D eigenvalue weighted by atomic mass is 16.5. The van der Waals surface area contributed by atoms with Crippen molar-refractivity contribution in [1.82, 2.24) is 5.16 Å². The van der Waals surface area contributed by atoms with E-state index >= 15 is 0 Å². The van der Waals surface area contributed by atoms with Crippen LogP contribution in [-0.4, -0.2) is 23.3 Å². The number of rotatable bonds is 2. The summed E-state index contributed by atoms with van der Waals surface area (Å²) >= 11 is 0. The van der Waals surface area contributed by atoms with Crippen LogP contribution >= 0.6 is 0 Å². The zero-order chi connectivity index (χ0) is 10.1. The number of aryl methyl sites for hydroxylation is 1. The predicted molar refractivity (Wildman–Crippen MR) is 49.8 cm³/mol. The quantitative estimate of drug-likeness (QED) is 0.720. The molecule has 1 aliphatic heterocycles. The van der Waals surface area contributed by atoms with Gasteiger partial charge in [0.15, 0.2) is 5.82 Å². The van der Waals surface area contributed by atoms with Gasteiger partial charge in [-0.2, -0.15) is 10.1 Å². The molecule has 0 saturated carbocycles. The molecule has 0 spiro atoms. The average Bonchev–Trinajstić information content (AvgIpc) is 2.71. The standard InChI is InChI=1S/C8H10N4O2/c1-5-2-7(11-14-5)12-8(13)3-6(4-9)10-12/h2H,3-4,9H2,1H3. The third-order valence-corrected chi connectivity index (χ3v) is 1.90. The van der Waals surface area contributed by atoms with Crippen LogP contribution in [0.3, 0.4) is 0 Å². The van der Waals surface area contributed by atoms with E-state index < -0.39 is 0 Å². The Labute approximate surface area is 80.3 Å². The fourth-order valence-electron chi connectivity index (χ4n) is 1.23. The van der Waals surface area contributed by atoms with Crippen molar-refractivity contribution in [2.45, 2.75) is 13.3 Å². The molecule has 0 saturated heterocycles. The third-order valence-electron chi connectivity index (χ3n) is 1.90. The summed E-state index contributed by atoms with van der Waals surface area (Å²) in [6.07, 6.45) is 0.266. The summed E-state index contributed by atoms with van der Waals surface area (Å²) in [5.74, 6) is 0.930. The van der Waals surface area contributed by atoms with Crippen molar-refractivity contribution in [3.8, 4) is 0 Å². The molecule has 0 bridgehead atoms. The van der Waals surface area contributed by atoms with Crippen molar-refractivity contribution >= 4 is 17.4 Å². The highest BCUT2D eigenvalue weighted by molar-refractivity contribution is 6.13. The molecule has 1 aromatic heterocycles. The Kier molecular flexibility index (Phi) is 2.05. The molecule has 0 aliphatic carbocycles. The molecule has 14 heavy (non-hydrogen) atoms. The largest absolute Gasteiger partial charge is 0.359 e. The maximum atomic E-state index is 11.4. The lowest BCUT2D eigenvalue weighted by Crippen LogP contribution is -2.19. The van der Waals surface area contributed by atoms with Gasteiger partial charge in [-0.25, -0.2) is 0 Å². The lowest BCUT2D eigenvalue weighted by atomic mass is 10.3. The van der Waals surface area contributed by atoms with Crippen LogP contribution < -0.4 is 10.7 Å². The number of nitrogens with zero attached hydrogens (tertiary/aromatic N) is 3. The first-order valence-electron chi connectivity index (χ1n) is 4.23. The Hall–Kier alpha value is -1.69. The molecule has 1 amide bonds. The van der Waals surface area contributed by atoms with Gasteiger partial charge in [0.05, 0.1) is 12.1 Å². The summed E-state index contributed by atoms with van der Waals surface area (Å²) in [6, 6.07) is 1.65. The SMILES string of the molecule is Cc1cc(N2N=C(CN)CC2=O)no1. The molecule has 0 fully saturated rings. The van der Waals surface area contributed by atoms with Gasteiger partial charge in [0.25, 0.3) is 5.91 Å². The molecule has 2 rings (SSSR count). The van der Waals surface area contributed by atoms with Crippen molar-refractivity contribution in [3.63, 3.8) is 0 Å². The van der Waals surface area contributed by atoms with E-state index in [-0.39, 0.29) is 12.3 Å². The number of carbonyl (C=O) groups excluding carboxylic acids is 1. The molecule has 0 aromatic carbocycles. The van der Waals surface area contributed by atoms with Crippen LogP contribution in [0.25, 0.3) is 0 Å². The van der Waals surface area contributed by atoms with Crippen LogP contribution in [0, 0.1) is 6.92 Å². The van der Waals surface area contributed by atoms with Gasteiger partial charge in [0.2, 0.25) is 0 Å². The zero-order valence-electron chi connectivity index (χ0n) is 7.73. The lowest BCUT2D eigenvalue weighted by Gasteiger charge is -2.04. The van der Waals surface area contributed by atoms with Crippen LogP contribution in [0.5, 0.6) is 0 Å². The summed E-state index contributed by atoms with van der Waals surface area (Å²) < 4.78 is 4.85. The van der Waals surface area contributed by atoms with Gasteiger partial charge in [-0.15, -0.1) is 0 Å². The van der Waals surface area contributed by atoms with Gasteiger partial charge in [-0.1, -0.05) is 5.16 Å². The summed E-state index contributed by atoms with van der Waals surface area (Å²) in [5.41, 5.74) is 6.05. The summed E-state index contributed by atoms with van der Waals surface area (Å²) in [6.45, 7) is 2.05. The van der Waals surface area contributed by atoms with Crippen LogP contribution in [0.15, 0.2) is 15.7 Å². The summed E-state index contributed by atoms with van der Waals surface area (Å²) in [4.78, 5) is 11.4. The molecule has 6 nitrogen and oxygen atoms in total. The van der Waals surface area contributed by atoms with Gasteiger partial charge in [0, 0.05) is 12.6 Å². The van der Waals surface area contributed by atoms with Crippen LogP contribution in [-0.2, 0) is 4.79 Å². The summed E-state index contributed by atoms with van der Waals surface area (Å²) in [5, 5.41) is 8.94. The molecule has 1 aromatic rings. The van der Waals surface area contributed by atoms with Gasteiger partial charge in [0.1, 0.15) is 5.76 Å². The molecule has 74 valence electrons. The number of anilines is 1. The van der Waals surface area contributed by atoms with Crippen molar-refractivity contribution in [2.75, 3.05) is 11.6 Å². The molecular formula is C8H10N4O2. The maximum Gasteiger partial charge on any atom is 0.254 e. The Morgan fingerprint density at radius 1 is 1.71 bits per heavy atom. The molecule has 2 N–H and O–H groups in total. The first-order chi connectivity index (χ1) is 6.70. The van der Waals surface area contributed by atoms with E-state index in [1.165, 1.54) is 5.01 Å². The maximum absolute atomic E-state index is 11.4. The van der Waals surface area contributed by atoms with Crippen molar-refractivity contribution in [2.24, 2.45) is 10.8 Å². The van der Waals surface area contributed by atoms with E-state index in [9.17, 15) is 4.79 Å².